The molecule has 0 fully saturated rings. The quantitative estimate of drug-likeness (QED) is 0.300. The van der Waals surface area contributed by atoms with Crippen LogP contribution in [0.2, 0.25) is 0 Å². The summed E-state index contributed by atoms with van der Waals surface area (Å²) in [6.45, 7) is 1.62. The minimum absolute atomic E-state index is 0.120. The smallest absolute Gasteiger partial charge is 0.264 e. The molecule has 0 aliphatic heterocycles. The fourth-order valence-corrected chi connectivity index (χ4v) is 5.58. The molecule has 0 bridgehead atoms. The summed E-state index contributed by atoms with van der Waals surface area (Å²) in [7, 11) is -3.98. The highest BCUT2D eigenvalue weighted by atomic mass is 79.9. The maximum Gasteiger partial charge on any atom is 0.264 e. The standard InChI is InChI=1S/C28H25BrN2O3S/c1-21-10-8-9-15-26(21)28(22-11-4-2-5-12-22)30-27(32)20-31(24-18-16-23(29)17-19-24)35(33,34)25-13-6-3-7-14-25/h2-19,28H,20H2,1H3,(H,30,32)/t28-/m0/s1. The molecule has 0 saturated carbocycles. The van der Waals surface area contributed by atoms with Crippen molar-refractivity contribution in [2.45, 2.75) is 17.9 Å². The molecule has 0 heterocycles. The van der Waals surface area contributed by atoms with Gasteiger partial charge in [0.05, 0.1) is 16.6 Å². The van der Waals surface area contributed by atoms with Gasteiger partial charge in [-0.3, -0.25) is 9.10 Å². The van der Waals surface area contributed by atoms with Crippen molar-refractivity contribution < 1.29 is 13.2 Å². The molecular weight excluding hydrogens is 524 g/mol. The van der Waals surface area contributed by atoms with E-state index in [9.17, 15) is 13.2 Å². The van der Waals surface area contributed by atoms with Crippen molar-refractivity contribution in [3.63, 3.8) is 0 Å². The number of rotatable bonds is 8. The normalized spacial score (nSPS) is 12.1. The SMILES string of the molecule is Cc1ccccc1[C@@H](NC(=O)CN(c1ccc(Br)cc1)S(=O)(=O)c1ccccc1)c1ccccc1. The van der Waals surface area contributed by atoms with E-state index < -0.39 is 22.0 Å². The van der Waals surface area contributed by atoms with E-state index >= 15 is 0 Å². The third-order valence-electron chi connectivity index (χ3n) is 5.67. The largest absolute Gasteiger partial charge is 0.344 e. The second-order valence-electron chi connectivity index (χ2n) is 8.07. The van der Waals surface area contributed by atoms with Crippen molar-refractivity contribution >= 4 is 37.5 Å². The number of hydrogen-bond acceptors (Lipinski definition) is 3. The lowest BCUT2D eigenvalue weighted by Gasteiger charge is -2.27. The zero-order valence-electron chi connectivity index (χ0n) is 19.1. The van der Waals surface area contributed by atoms with Crippen molar-refractivity contribution in [3.8, 4) is 0 Å². The van der Waals surface area contributed by atoms with Crippen LogP contribution in [-0.4, -0.2) is 20.9 Å². The van der Waals surface area contributed by atoms with E-state index in [1.165, 1.54) is 12.1 Å². The van der Waals surface area contributed by atoms with Crippen LogP contribution < -0.4 is 9.62 Å². The Hall–Kier alpha value is -3.42. The van der Waals surface area contributed by atoms with Gasteiger partial charge in [0.1, 0.15) is 6.54 Å². The van der Waals surface area contributed by atoms with Gasteiger partial charge in [-0.1, -0.05) is 88.7 Å². The first kappa shape index (κ1) is 24.7. The van der Waals surface area contributed by atoms with Gasteiger partial charge in [0.15, 0.2) is 0 Å². The molecule has 0 aromatic heterocycles. The van der Waals surface area contributed by atoms with Crippen LogP contribution in [-0.2, 0) is 14.8 Å². The van der Waals surface area contributed by atoms with Crippen LogP contribution in [0.25, 0.3) is 0 Å². The van der Waals surface area contributed by atoms with Gasteiger partial charge in [-0.15, -0.1) is 0 Å². The van der Waals surface area contributed by atoms with E-state index in [1.54, 1.807) is 42.5 Å². The van der Waals surface area contributed by atoms with E-state index in [4.69, 9.17) is 0 Å². The highest BCUT2D eigenvalue weighted by molar-refractivity contribution is 9.10. The van der Waals surface area contributed by atoms with Gasteiger partial charge < -0.3 is 5.32 Å². The number of carbonyl (C=O) groups excluding carboxylic acids is 1. The molecule has 35 heavy (non-hydrogen) atoms. The van der Waals surface area contributed by atoms with Crippen LogP contribution in [0.1, 0.15) is 22.7 Å². The number of carbonyl (C=O) groups is 1. The number of anilines is 1. The second-order valence-corrected chi connectivity index (χ2v) is 10.8. The number of benzene rings is 4. The van der Waals surface area contributed by atoms with Crippen LogP contribution >= 0.6 is 15.9 Å². The van der Waals surface area contributed by atoms with Gasteiger partial charge in [-0.25, -0.2) is 8.42 Å². The van der Waals surface area contributed by atoms with E-state index in [1.807, 2.05) is 61.5 Å². The molecule has 0 spiro atoms. The Kier molecular flexibility index (Phi) is 7.68. The lowest BCUT2D eigenvalue weighted by atomic mass is 9.95. The number of aryl methyl sites for hydroxylation is 1. The first-order valence-corrected chi connectivity index (χ1v) is 13.3. The third kappa shape index (κ3) is 5.81. The van der Waals surface area contributed by atoms with Crippen molar-refractivity contribution in [3.05, 3.63) is 130 Å². The van der Waals surface area contributed by atoms with Crippen LogP contribution in [0, 0.1) is 6.92 Å². The minimum atomic E-state index is -3.98. The molecule has 178 valence electrons. The summed E-state index contributed by atoms with van der Waals surface area (Å²) in [5.74, 6) is -0.412. The Bertz CT molecular complexity index is 1390. The first-order valence-electron chi connectivity index (χ1n) is 11.1. The minimum Gasteiger partial charge on any atom is -0.344 e. The average molecular weight is 549 g/mol. The van der Waals surface area contributed by atoms with E-state index in [2.05, 4.69) is 21.2 Å². The van der Waals surface area contributed by atoms with Crippen LogP contribution in [0.5, 0.6) is 0 Å². The summed E-state index contributed by atoms with van der Waals surface area (Å²) < 4.78 is 29.1. The molecule has 1 atom stereocenters. The Morgan fingerprint density at radius 2 is 1.40 bits per heavy atom. The van der Waals surface area contributed by atoms with E-state index in [0.29, 0.717) is 5.69 Å². The molecule has 4 rings (SSSR count). The summed E-state index contributed by atoms with van der Waals surface area (Å²) >= 11 is 3.38. The zero-order chi connectivity index (χ0) is 24.8. The lowest BCUT2D eigenvalue weighted by molar-refractivity contribution is -0.120. The molecule has 0 saturated heterocycles. The lowest BCUT2D eigenvalue weighted by Crippen LogP contribution is -2.42. The molecule has 1 N–H and O–H groups in total. The molecule has 4 aromatic carbocycles. The first-order chi connectivity index (χ1) is 16.9. The van der Waals surface area contributed by atoms with E-state index in [-0.39, 0.29) is 11.4 Å². The highest BCUT2D eigenvalue weighted by Crippen LogP contribution is 2.27. The molecular formula is C28H25BrN2O3S. The molecule has 7 heteroatoms. The van der Waals surface area contributed by atoms with Gasteiger partial charge in [0, 0.05) is 4.47 Å². The van der Waals surface area contributed by atoms with Crippen LogP contribution in [0.3, 0.4) is 0 Å². The predicted molar refractivity (Wildman–Crippen MR) is 143 cm³/mol. The number of hydrogen-bond donors (Lipinski definition) is 1. The Labute approximate surface area is 214 Å². The Morgan fingerprint density at radius 1 is 0.829 bits per heavy atom. The summed E-state index contributed by atoms with van der Waals surface area (Å²) in [4.78, 5) is 13.5. The molecule has 0 unspecified atom stereocenters. The van der Waals surface area contributed by atoms with Crippen molar-refractivity contribution in [2.24, 2.45) is 0 Å². The highest BCUT2D eigenvalue weighted by Gasteiger charge is 2.28. The van der Waals surface area contributed by atoms with Gasteiger partial charge in [-0.05, 0) is 60.0 Å². The van der Waals surface area contributed by atoms with E-state index in [0.717, 1.165) is 25.5 Å². The number of nitrogens with zero attached hydrogens (tertiary/aromatic N) is 1. The van der Waals surface area contributed by atoms with Gasteiger partial charge >= 0.3 is 0 Å². The molecule has 4 aromatic rings. The number of sulfonamides is 1. The fourth-order valence-electron chi connectivity index (χ4n) is 3.88. The molecule has 0 radical (unpaired) electrons. The summed E-state index contributed by atoms with van der Waals surface area (Å²) in [6.07, 6.45) is 0. The molecule has 0 aliphatic rings. The Morgan fingerprint density at radius 3 is 2.03 bits per heavy atom. The number of halogens is 1. The molecule has 5 nitrogen and oxygen atoms in total. The van der Waals surface area contributed by atoms with Crippen molar-refractivity contribution in [1.82, 2.24) is 5.32 Å². The van der Waals surface area contributed by atoms with Crippen LogP contribution in [0.4, 0.5) is 5.69 Å². The zero-order valence-corrected chi connectivity index (χ0v) is 21.5. The van der Waals surface area contributed by atoms with Gasteiger partial charge in [-0.2, -0.15) is 0 Å². The second kappa shape index (κ2) is 10.9. The summed E-state index contributed by atoms with van der Waals surface area (Å²) in [5, 5.41) is 3.07. The number of amides is 1. The molecule has 0 aliphatic carbocycles. The monoisotopic (exact) mass is 548 g/mol. The average Bonchev–Trinajstić information content (AvgIpc) is 2.88. The third-order valence-corrected chi connectivity index (χ3v) is 7.99. The van der Waals surface area contributed by atoms with Gasteiger partial charge in [0.25, 0.3) is 10.0 Å². The summed E-state index contributed by atoms with van der Waals surface area (Å²) in [6, 6.07) is 32.1. The van der Waals surface area contributed by atoms with Crippen LogP contribution in [0.15, 0.2) is 119 Å². The maximum absolute atomic E-state index is 13.6. The van der Waals surface area contributed by atoms with Gasteiger partial charge in [0.2, 0.25) is 5.91 Å². The fraction of sp³-hybridized carbons (Fsp3) is 0.107. The predicted octanol–water partition coefficient (Wildman–Crippen LogP) is 5.86. The summed E-state index contributed by atoms with van der Waals surface area (Å²) in [5.41, 5.74) is 3.30. The maximum atomic E-state index is 13.6. The Balaban J connectivity index is 1.69. The van der Waals surface area contributed by atoms with Crippen molar-refractivity contribution in [1.29, 1.82) is 0 Å². The van der Waals surface area contributed by atoms with Crippen molar-refractivity contribution in [2.75, 3.05) is 10.8 Å². The number of nitrogens with one attached hydrogen (secondary N) is 1. The topological polar surface area (TPSA) is 66.5 Å². The molecule has 1 amide bonds.